The summed E-state index contributed by atoms with van der Waals surface area (Å²) in [5, 5.41) is 2.19. The summed E-state index contributed by atoms with van der Waals surface area (Å²) in [4.78, 5) is 12.8. The molecule has 1 unspecified atom stereocenters. The molecule has 1 aliphatic rings. The third-order valence-corrected chi connectivity index (χ3v) is 3.53. The minimum atomic E-state index is 0.231. The molecule has 2 aromatic rings. The number of fused-ring (bicyclic) bond motifs is 1. The van der Waals surface area contributed by atoms with Crippen molar-refractivity contribution >= 4 is 44.8 Å². The maximum absolute atomic E-state index is 5.87. The molecule has 1 saturated heterocycles. The van der Waals surface area contributed by atoms with Gasteiger partial charge in [0, 0.05) is 12.5 Å². The van der Waals surface area contributed by atoms with E-state index in [4.69, 9.17) is 11.6 Å². The SMILES string of the molecule is CC1CC(=Nc2nc(Cl)nc3ccsc23)NN1. The summed E-state index contributed by atoms with van der Waals surface area (Å²) in [7, 11) is 0. The van der Waals surface area contributed by atoms with Crippen LogP contribution < -0.4 is 10.9 Å². The third kappa shape index (κ3) is 2.11. The number of hydrogen-bond acceptors (Lipinski definition) is 5. The molecule has 17 heavy (non-hydrogen) atoms. The van der Waals surface area contributed by atoms with Crippen LogP contribution >= 0.6 is 22.9 Å². The fourth-order valence-electron chi connectivity index (χ4n) is 1.70. The van der Waals surface area contributed by atoms with Crippen LogP contribution in [-0.4, -0.2) is 21.8 Å². The Kier molecular flexibility index (Phi) is 2.70. The summed E-state index contributed by atoms with van der Waals surface area (Å²) >= 11 is 7.44. The zero-order chi connectivity index (χ0) is 11.8. The van der Waals surface area contributed by atoms with Crippen molar-refractivity contribution < 1.29 is 0 Å². The van der Waals surface area contributed by atoms with E-state index in [1.54, 1.807) is 11.3 Å². The third-order valence-electron chi connectivity index (χ3n) is 2.46. The lowest BCUT2D eigenvalue weighted by Crippen LogP contribution is -2.29. The van der Waals surface area contributed by atoms with Gasteiger partial charge in [0.25, 0.3) is 0 Å². The Hall–Kier alpha value is -1.24. The second-order valence-corrected chi connectivity index (χ2v) is 5.14. The molecule has 1 fully saturated rings. The molecule has 0 saturated carbocycles. The molecule has 3 heterocycles. The summed E-state index contributed by atoms with van der Waals surface area (Å²) < 4.78 is 0.961. The molecule has 88 valence electrons. The number of hydrogen-bond donors (Lipinski definition) is 2. The molecule has 0 spiro atoms. The van der Waals surface area contributed by atoms with Crippen molar-refractivity contribution in [3.8, 4) is 0 Å². The monoisotopic (exact) mass is 267 g/mol. The van der Waals surface area contributed by atoms with Gasteiger partial charge in [-0.15, -0.1) is 11.3 Å². The largest absolute Gasteiger partial charge is 0.309 e. The minimum Gasteiger partial charge on any atom is -0.309 e. The molecule has 2 N–H and O–H groups in total. The second-order valence-electron chi connectivity index (χ2n) is 3.88. The van der Waals surface area contributed by atoms with Gasteiger partial charge < -0.3 is 5.43 Å². The summed E-state index contributed by atoms with van der Waals surface area (Å²) in [5.41, 5.74) is 6.97. The highest BCUT2D eigenvalue weighted by molar-refractivity contribution is 7.17. The summed E-state index contributed by atoms with van der Waals surface area (Å²) in [6, 6.07) is 2.30. The molecule has 0 radical (unpaired) electrons. The van der Waals surface area contributed by atoms with Crippen LogP contribution in [-0.2, 0) is 0 Å². The first-order valence-electron chi connectivity index (χ1n) is 5.22. The van der Waals surface area contributed by atoms with Crippen LogP contribution in [0.4, 0.5) is 5.82 Å². The molecular formula is C10H10ClN5S. The fraction of sp³-hybridized carbons (Fsp3) is 0.300. The quantitative estimate of drug-likeness (QED) is 0.778. The van der Waals surface area contributed by atoms with Crippen molar-refractivity contribution in [3.63, 3.8) is 0 Å². The highest BCUT2D eigenvalue weighted by Gasteiger charge is 2.16. The second kappa shape index (κ2) is 4.21. The van der Waals surface area contributed by atoms with E-state index in [1.807, 2.05) is 11.4 Å². The normalized spacial score (nSPS) is 22.2. The molecule has 3 rings (SSSR count). The Morgan fingerprint density at radius 1 is 1.53 bits per heavy atom. The van der Waals surface area contributed by atoms with E-state index in [0.29, 0.717) is 11.9 Å². The smallest absolute Gasteiger partial charge is 0.225 e. The lowest BCUT2D eigenvalue weighted by molar-refractivity contribution is 0.602. The van der Waals surface area contributed by atoms with Crippen LogP contribution in [0.2, 0.25) is 5.28 Å². The molecule has 7 heteroatoms. The van der Waals surface area contributed by atoms with E-state index in [2.05, 4.69) is 32.7 Å². The highest BCUT2D eigenvalue weighted by Crippen LogP contribution is 2.29. The molecule has 0 aliphatic carbocycles. The van der Waals surface area contributed by atoms with Gasteiger partial charge in [-0.2, -0.15) is 4.98 Å². The molecule has 0 amide bonds. The molecule has 1 aliphatic heterocycles. The Balaban J connectivity index is 2.07. The minimum absolute atomic E-state index is 0.231. The van der Waals surface area contributed by atoms with Crippen molar-refractivity contribution in [2.24, 2.45) is 4.99 Å². The maximum Gasteiger partial charge on any atom is 0.225 e. The standard InChI is InChI=1S/C10H10ClN5S/c1-5-4-7(16-15-5)13-9-8-6(2-3-17-8)12-10(11)14-9/h2-3,5,15H,4H2,1H3,(H,12,13,14,16). The lowest BCUT2D eigenvalue weighted by Gasteiger charge is -1.99. The predicted octanol–water partition coefficient (Wildman–Crippen LogP) is 2.26. The lowest BCUT2D eigenvalue weighted by atomic mass is 10.3. The van der Waals surface area contributed by atoms with Crippen molar-refractivity contribution in [1.82, 2.24) is 20.8 Å². The number of halogens is 1. The summed E-state index contributed by atoms with van der Waals surface area (Å²) in [5.74, 6) is 1.51. The van der Waals surface area contributed by atoms with Gasteiger partial charge in [0.1, 0.15) is 5.84 Å². The van der Waals surface area contributed by atoms with E-state index >= 15 is 0 Å². The van der Waals surface area contributed by atoms with E-state index in [-0.39, 0.29) is 5.28 Å². The molecule has 0 aromatic carbocycles. The van der Waals surface area contributed by atoms with Crippen LogP contribution in [0.15, 0.2) is 16.4 Å². The molecule has 5 nitrogen and oxygen atoms in total. The number of rotatable bonds is 1. The molecule has 2 aromatic heterocycles. The number of aliphatic imine (C=N–C) groups is 1. The van der Waals surface area contributed by atoms with Gasteiger partial charge >= 0.3 is 0 Å². The van der Waals surface area contributed by atoms with E-state index in [9.17, 15) is 0 Å². The van der Waals surface area contributed by atoms with Crippen molar-refractivity contribution in [3.05, 3.63) is 16.7 Å². The van der Waals surface area contributed by atoms with Gasteiger partial charge in [-0.05, 0) is 30.0 Å². The first kappa shape index (κ1) is 10.9. The number of hydrazine groups is 1. The summed E-state index contributed by atoms with van der Waals surface area (Å²) in [6.45, 7) is 2.09. The number of thiophene rings is 1. The Labute approximate surface area is 107 Å². The van der Waals surface area contributed by atoms with Gasteiger partial charge in [0.05, 0.1) is 10.2 Å². The van der Waals surface area contributed by atoms with E-state index < -0.39 is 0 Å². The van der Waals surface area contributed by atoms with Gasteiger partial charge in [-0.3, -0.25) is 0 Å². The summed E-state index contributed by atoms with van der Waals surface area (Å²) in [6.07, 6.45) is 0.856. The topological polar surface area (TPSA) is 62.2 Å². The number of aromatic nitrogens is 2. The van der Waals surface area contributed by atoms with Gasteiger partial charge in [0.15, 0.2) is 5.82 Å². The first-order chi connectivity index (χ1) is 8.22. The first-order valence-corrected chi connectivity index (χ1v) is 6.48. The van der Waals surface area contributed by atoms with Gasteiger partial charge in [0.2, 0.25) is 5.28 Å². The highest BCUT2D eigenvalue weighted by atomic mass is 35.5. The van der Waals surface area contributed by atoms with Gasteiger partial charge in [-0.1, -0.05) is 0 Å². The van der Waals surface area contributed by atoms with Crippen LogP contribution in [0.25, 0.3) is 10.2 Å². The predicted molar refractivity (Wildman–Crippen MR) is 69.9 cm³/mol. The molecule has 0 bridgehead atoms. The van der Waals surface area contributed by atoms with E-state index in [1.165, 1.54) is 0 Å². The Morgan fingerprint density at radius 3 is 3.18 bits per heavy atom. The van der Waals surface area contributed by atoms with E-state index in [0.717, 1.165) is 22.5 Å². The molecular weight excluding hydrogens is 258 g/mol. The van der Waals surface area contributed by atoms with Gasteiger partial charge in [-0.25, -0.2) is 15.4 Å². The average Bonchev–Trinajstić information content (AvgIpc) is 2.87. The zero-order valence-electron chi connectivity index (χ0n) is 9.07. The average molecular weight is 268 g/mol. The number of amidine groups is 1. The van der Waals surface area contributed by atoms with Crippen LogP contribution in [0.5, 0.6) is 0 Å². The number of nitrogens with zero attached hydrogens (tertiary/aromatic N) is 3. The zero-order valence-corrected chi connectivity index (χ0v) is 10.6. The number of nitrogens with one attached hydrogen (secondary N) is 2. The fourth-order valence-corrected chi connectivity index (χ4v) is 2.63. The van der Waals surface area contributed by atoms with Crippen molar-refractivity contribution in [2.75, 3.05) is 0 Å². The van der Waals surface area contributed by atoms with Crippen molar-refractivity contribution in [1.29, 1.82) is 0 Å². The van der Waals surface area contributed by atoms with Crippen LogP contribution in [0.1, 0.15) is 13.3 Å². The Morgan fingerprint density at radius 2 is 2.41 bits per heavy atom. The Bertz CT molecular complexity index is 593. The van der Waals surface area contributed by atoms with Crippen molar-refractivity contribution in [2.45, 2.75) is 19.4 Å². The molecule has 1 atom stereocenters. The van der Waals surface area contributed by atoms with Crippen LogP contribution in [0, 0.1) is 0 Å². The maximum atomic E-state index is 5.87. The van der Waals surface area contributed by atoms with Crippen LogP contribution in [0.3, 0.4) is 0 Å².